The maximum absolute atomic E-state index is 9.27. The van der Waals surface area contributed by atoms with Crippen LogP contribution >= 0.6 is 0 Å². The molecule has 0 aliphatic heterocycles. The fourth-order valence-corrected chi connectivity index (χ4v) is 2.15. The molecule has 0 aliphatic rings. The van der Waals surface area contributed by atoms with Gasteiger partial charge in [-0.1, -0.05) is 18.2 Å². The largest absolute Gasteiger partial charge is 0.467 e. The summed E-state index contributed by atoms with van der Waals surface area (Å²) in [4.78, 5) is 4.38. The summed E-state index contributed by atoms with van der Waals surface area (Å²) in [6.07, 6.45) is 1.58. The summed E-state index contributed by atoms with van der Waals surface area (Å²) in [5.41, 5.74) is 8.42. The van der Waals surface area contributed by atoms with E-state index in [4.69, 9.17) is 10.2 Å². The van der Waals surface area contributed by atoms with Gasteiger partial charge in [-0.05, 0) is 18.2 Å². The van der Waals surface area contributed by atoms with Crippen molar-refractivity contribution in [3.8, 4) is 17.2 Å². The molecule has 0 saturated carbocycles. The van der Waals surface area contributed by atoms with Gasteiger partial charge in [-0.3, -0.25) is 0 Å². The van der Waals surface area contributed by atoms with Crippen molar-refractivity contribution in [1.82, 2.24) is 4.98 Å². The van der Waals surface area contributed by atoms with Gasteiger partial charge in [0.15, 0.2) is 0 Å². The van der Waals surface area contributed by atoms with Crippen molar-refractivity contribution in [2.75, 3.05) is 0 Å². The van der Waals surface area contributed by atoms with E-state index in [2.05, 4.69) is 11.1 Å². The second kappa shape index (κ2) is 4.56. The molecule has 0 radical (unpaired) electrons. The van der Waals surface area contributed by atoms with E-state index in [0.717, 1.165) is 22.0 Å². The minimum absolute atomic E-state index is 0.292. The van der Waals surface area contributed by atoms with Gasteiger partial charge >= 0.3 is 0 Å². The molecule has 92 valence electrons. The molecule has 19 heavy (non-hydrogen) atoms. The third kappa shape index (κ3) is 1.86. The fourth-order valence-electron chi connectivity index (χ4n) is 2.15. The van der Waals surface area contributed by atoms with Crippen LogP contribution in [0, 0.1) is 11.3 Å². The average Bonchev–Trinajstić information content (AvgIpc) is 2.94. The van der Waals surface area contributed by atoms with Crippen molar-refractivity contribution in [1.29, 1.82) is 5.26 Å². The van der Waals surface area contributed by atoms with Crippen LogP contribution in [-0.2, 0) is 6.54 Å². The van der Waals surface area contributed by atoms with Crippen LogP contribution in [-0.4, -0.2) is 4.98 Å². The van der Waals surface area contributed by atoms with Gasteiger partial charge in [0.25, 0.3) is 0 Å². The second-order valence-electron chi connectivity index (χ2n) is 4.15. The highest BCUT2D eigenvalue weighted by atomic mass is 16.3. The van der Waals surface area contributed by atoms with E-state index in [1.165, 1.54) is 0 Å². The van der Waals surface area contributed by atoms with Crippen molar-refractivity contribution in [2.24, 2.45) is 5.73 Å². The van der Waals surface area contributed by atoms with E-state index >= 15 is 0 Å². The van der Waals surface area contributed by atoms with Gasteiger partial charge in [-0.25, -0.2) is 4.98 Å². The highest BCUT2D eigenvalue weighted by Crippen LogP contribution is 2.29. The van der Waals surface area contributed by atoms with Crippen LogP contribution < -0.4 is 5.73 Å². The lowest BCUT2D eigenvalue weighted by Crippen LogP contribution is -1.98. The van der Waals surface area contributed by atoms with Gasteiger partial charge in [0.05, 0.1) is 18.3 Å². The van der Waals surface area contributed by atoms with Crippen molar-refractivity contribution in [3.05, 3.63) is 54.1 Å². The predicted molar refractivity (Wildman–Crippen MR) is 72.1 cm³/mol. The molecule has 0 unspecified atom stereocenters. The number of rotatable bonds is 2. The number of para-hydroxylation sites is 1. The van der Waals surface area contributed by atoms with Gasteiger partial charge in [-0.15, -0.1) is 0 Å². The van der Waals surface area contributed by atoms with Crippen LogP contribution in [0.5, 0.6) is 0 Å². The number of furan rings is 1. The Morgan fingerprint density at radius 2 is 2.05 bits per heavy atom. The number of benzene rings is 1. The number of hydrogen-bond donors (Lipinski definition) is 1. The van der Waals surface area contributed by atoms with Crippen LogP contribution in [0.15, 0.2) is 47.1 Å². The Balaban J connectivity index is 2.31. The smallest absolute Gasteiger partial charge is 0.149 e. The van der Waals surface area contributed by atoms with Crippen LogP contribution in [0.2, 0.25) is 0 Å². The predicted octanol–water partition coefficient (Wildman–Crippen LogP) is 2.83. The van der Waals surface area contributed by atoms with E-state index in [1.807, 2.05) is 36.4 Å². The van der Waals surface area contributed by atoms with Crippen molar-refractivity contribution < 1.29 is 4.42 Å². The molecule has 2 aromatic heterocycles. The summed E-state index contributed by atoms with van der Waals surface area (Å²) in [7, 11) is 0. The molecule has 0 spiro atoms. The number of nitrogens with two attached hydrogens (primary N) is 1. The Morgan fingerprint density at radius 1 is 1.21 bits per heavy atom. The number of nitrogens with zero attached hydrogens (tertiary/aromatic N) is 2. The molecule has 0 bridgehead atoms. The first kappa shape index (κ1) is 11.5. The van der Waals surface area contributed by atoms with Gasteiger partial charge in [0, 0.05) is 16.5 Å². The zero-order valence-electron chi connectivity index (χ0n) is 10.1. The quantitative estimate of drug-likeness (QED) is 0.757. The molecular weight excluding hydrogens is 238 g/mol. The highest BCUT2D eigenvalue weighted by molar-refractivity contribution is 5.86. The second-order valence-corrected chi connectivity index (χ2v) is 4.15. The number of hydrogen-bond acceptors (Lipinski definition) is 4. The molecule has 2 N–H and O–H groups in total. The summed E-state index contributed by atoms with van der Waals surface area (Å²) in [5, 5.41) is 10.3. The third-order valence-corrected chi connectivity index (χ3v) is 3.05. The minimum Gasteiger partial charge on any atom is -0.467 e. The van der Waals surface area contributed by atoms with Gasteiger partial charge in [-0.2, -0.15) is 5.26 Å². The first-order chi connectivity index (χ1) is 9.33. The van der Waals surface area contributed by atoms with E-state index in [1.54, 1.807) is 6.26 Å². The zero-order chi connectivity index (χ0) is 13.2. The topological polar surface area (TPSA) is 75.8 Å². The molecule has 4 nitrogen and oxygen atoms in total. The van der Waals surface area contributed by atoms with E-state index in [9.17, 15) is 5.26 Å². The number of pyridine rings is 1. The van der Waals surface area contributed by atoms with E-state index in [0.29, 0.717) is 18.0 Å². The Morgan fingerprint density at radius 3 is 2.84 bits per heavy atom. The lowest BCUT2D eigenvalue weighted by atomic mass is 10.0. The summed E-state index contributed by atoms with van der Waals surface area (Å²) < 4.78 is 5.32. The summed E-state index contributed by atoms with van der Waals surface area (Å²) in [6, 6.07) is 13.6. The van der Waals surface area contributed by atoms with Crippen LogP contribution in [0.3, 0.4) is 0 Å². The van der Waals surface area contributed by atoms with Gasteiger partial charge in [0.1, 0.15) is 17.5 Å². The molecule has 1 aromatic carbocycles. The molecule has 4 heteroatoms. The molecule has 0 amide bonds. The summed E-state index contributed by atoms with van der Waals surface area (Å²) >= 11 is 0. The highest BCUT2D eigenvalue weighted by Gasteiger charge is 2.13. The standard InChI is InChI=1S/C15H11N3O/c16-8-14-12(11-5-6-19-15(11)9-17)7-10-3-1-2-4-13(10)18-14/h1-7H,9,17H2. The lowest BCUT2D eigenvalue weighted by molar-refractivity contribution is 0.513. The molecule has 0 fully saturated rings. The maximum atomic E-state index is 9.27. The minimum atomic E-state index is 0.292. The lowest BCUT2D eigenvalue weighted by Gasteiger charge is -2.05. The number of nitriles is 1. The van der Waals surface area contributed by atoms with Crippen molar-refractivity contribution in [2.45, 2.75) is 6.54 Å². The van der Waals surface area contributed by atoms with Gasteiger partial charge < -0.3 is 10.2 Å². The van der Waals surface area contributed by atoms with E-state index in [-0.39, 0.29) is 0 Å². The Hall–Kier alpha value is -2.64. The first-order valence-corrected chi connectivity index (χ1v) is 5.90. The van der Waals surface area contributed by atoms with Crippen LogP contribution in [0.25, 0.3) is 22.0 Å². The molecule has 3 rings (SSSR count). The molecular formula is C15H11N3O. The van der Waals surface area contributed by atoms with Crippen molar-refractivity contribution >= 4 is 10.9 Å². The first-order valence-electron chi connectivity index (χ1n) is 5.90. The molecule has 0 atom stereocenters. The van der Waals surface area contributed by atoms with Crippen LogP contribution in [0.1, 0.15) is 11.5 Å². The van der Waals surface area contributed by atoms with E-state index < -0.39 is 0 Å². The average molecular weight is 249 g/mol. The number of aromatic nitrogens is 1. The maximum Gasteiger partial charge on any atom is 0.149 e. The monoisotopic (exact) mass is 249 g/mol. The Kier molecular flexibility index (Phi) is 2.75. The molecule has 0 aliphatic carbocycles. The molecule has 3 aromatic rings. The van der Waals surface area contributed by atoms with Gasteiger partial charge in [0.2, 0.25) is 0 Å². The molecule has 2 heterocycles. The normalized spacial score (nSPS) is 10.5. The summed E-state index contributed by atoms with van der Waals surface area (Å²) in [6.45, 7) is 0.292. The van der Waals surface area contributed by atoms with Crippen LogP contribution in [0.4, 0.5) is 0 Å². The summed E-state index contributed by atoms with van der Waals surface area (Å²) in [5.74, 6) is 0.661. The van der Waals surface area contributed by atoms with Crippen molar-refractivity contribution in [3.63, 3.8) is 0 Å². The SMILES string of the molecule is N#Cc1nc2ccccc2cc1-c1ccoc1CN. The number of fused-ring (bicyclic) bond motifs is 1. The Labute approximate surface area is 110 Å². The molecule has 0 saturated heterocycles. The Bertz CT molecular complexity index is 783. The fraction of sp³-hybridized carbons (Fsp3) is 0.0667. The zero-order valence-corrected chi connectivity index (χ0v) is 10.1. The third-order valence-electron chi connectivity index (χ3n) is 3.05.